The van der Waals surface area contributed by atoms with Crippen molar-refractivity contribution in [3.63, 3.8) is 0 Å². The summed E-state index contributed by atoms with van der Waals surface area (Å²) < 4.78 is 5.13. The zero-order valence-electron chi connectivity index (χ0n) is 11.2. The molecule has 0 aliphatic carbocycles. The third-order valence-corrected chi connectivity index (χ3v) is 3.67. The molecule has 1 aromatic carbocycles. The van der Waals surface area contributed by atoms with Gasteiger partial charge in [0, 0.05) is 44.6 Å². The maximum Gasteiger partial charge on any atom is 0.269 e. The molecule has 104 valence electrons. The number of methoxy groups -OCH3 is 1. The molecule has 1 atom stereocenters. The van der Waals surface area contributed by atoms with Gasteiger partial charge < -0.3 is 9.64 Å². The van der Waals surface area contributed by atoms with Crippen molar-refractivity contribution in [3.8, 4) is 0 Å². The van der Waals surface area contributed by atoms with Crippen molar-refractivity contribution in [2.24, 2.45) is 5.92 Å². The van der Waals surface area contributed by atoms with Gasteiger partial charge >= 0.3 is 0 Å². The third kappa shape index (κ3) is 3.67. The van der Waals surface area contributed by atoms with Crippen LogP contribution >= 0.6 is 0 Å². The Hall–Kier alpha value is -1.62. The fourth-order valence-corrected chi connectivity index (χ4v) is 2.60. The van der Waals surface area contributed by atoms with E-state index in [1.165, 1.54) is 12.8 Å². The molecular weight excluding hydrogens is 244 g/mol. The summed E-state index contributed by atoms with van der Waals surface area (Å²) in [7, 11) is 1.73. The molecule has 2 rings (SSSR count). The van der Waals surface area contributed by atoms with Crippen molar-refractivity contribution < 1.29 is 9.66 Å². The van der Waals surface area contributed by atoms with Gasteiger partial charge in [-0.05, 0) is 37.3 Å². The van der Waals surface area contributed by atoms with Gasteiger partial charge in [-0.3, -0.25) is 10.1 Å². The van der Waals surface area contributed by atoms with Gasteiger partial charge in [-0.15, -0.1) is 0 Å². The van der Waals surface area contributed by atoms with E-state index < -0.39 is 0 Å². The van der Waals surface area contributed by atoms with E-state index in [1.54, 1.807) is 19.2 Å². The van der Waals surface area contributed by atoms with Crippen LogP contribution in [0.5, 0.6) is 0 Å². The first kappa shape index (κ1) is 13.8. The van der Waals surface area contributed by atoms with Crippen molar-refractivity contribution in [2.75, 3.05) is 31.7 Å². The average Bonchev–Trinajstić information content (AvgIpc) is 2.45. The summed E-state index contributed by atoms with van der Waals surface area (Å²) in [4.78, 5) is 12.6. The minimum absolute atomic E-state index is 0.150. The van der Waals surface area contributed by atoms with Gasteiger partial charge in [0.05, 0.1) is 4.92 Å². The second-order valence-corrected chi connectivity index (χ2v) is 5.01. The third-order valence-electron chi connectivity index (χ3n) is 3.67. The average molecular weight is 264 g/mol. The van der Waals surface area contributed by atoms with Crippen molar-refractivity contribution >= 4 is 11.4 Å². The Kier molecular flexibility index (Phi) is 4.74. The number of benzene rings is 1. The second kappa shape index (κ2) is 6.52. The number of non-ortho nitro benzene ring substituents is 1. The molecule has 1 unspecified atom stereocenters. The summed E-state index contributed by atoms with van der Waals surface area (Å²) in [6, 6.07) is 6.84. The Balaban J connectivity index is 1.98. The van der Waals surface area contributed by atoms with Gasteiger partial charge in [0.1, 0.15) is 0 Å². The number of hydrogen-bond acceptors (Lipinski definition) is 4. The highest BCUT2D eigenvalue weighted by molar-refractivity contribution is 5.51. The van der Waals surface area contributed by atoms with E-state index in [4.69, 9.17) is 4.74 Å². The zero-order chi connectivity index (χ0) is 13.7. The van der Waals surface area contributed by atoms with Crippen LogP contribution in [0.3, 0.4) is 0 Å². The number of piperidine rings is 1. The van der Waals surface area contributed by atoms with Gasteiger partial charge in [-0.25, -0.2) is 0 Å². The Morgan fingerprint density at radius 3 is 2.79 bits per heavy atom. The van der Waals surface area contributed by atoms with Crippen molar-refractivity contribution in [3.05, 3.63) is 34.4 Å². The van der Waals surface area contributed by atoms with E-state index in [-0.39, 0.29) is 10.6 Å². The molecule has 1 aromatic rings. The Bertz CT molecular complexity index is 419. The molecule has 19 heavy (non-hydrogen) atoms. The highest BCUT2D eigenvalue weighted by Crippen LogP contribution is 2.26. The van der Waals surface area contributed by atoms with Gasteiger partial charge in [-0.2, -0.15) is 0 Å². The van der Waals surface area contributed by atoms with Crippen LogP contribution in [0.4, 0.5) is 11.4 Å². The quantitative estimate of drug-likeness (QED) is 0.606. The molecule has 0 aromatic heterocycles. The van der Waals surface area contributed by atoms with Crippen LogP contribution in [0.15, 0.2) is 24.3 Å². The van der Waals surface area contributed by atoms with Gasteiger partial charge in [-0.1, -0.05) is 0 Å². The first-order valence-corrected chi connectivity index (χ1v) is 6.69. The summed E-state index contributed by atoms with van der Waals surface area (Å²) in [6.45, 7) is 2.85. The minimum Gasteiger partial charge on any atom is -0.385 e. The lowest BCUT2D eigenvalue weighted by molar-refractivity contribution is -0.384. The van der Waals surface area contributed by atoms with Crippen LogP contribution in [-0.4, -0.2) is 31.7 Å². The fraction of sp³-hybridized carbons (Fsp3) is 0.571. The summed E-state index contributed by atoms with van der Waals surface area (Å²) >= 11 is 0. The number of hydrogen-bond donors (Lipinski definition) is 0. The Morgan fingerprint density at radius 2 is 2.16 bits per heavy atom. The molecule has 5 nitrogen and oxygen atoms in total. The van der Waals surface area contributed by atoms with Crippen LogP contribution in [0.25, 0.3) is 0 Å². The number of ether oxygens (including phenoxy) is 1. The lowest BCUT2D eigenvalue weighted by Gasteiger charge is -2.34. The molecule has 0 N–H and O–H groups in total. The molecule has 0 amide bonds. The van der Waals surface area contributed by atoms with E-state index in [2.05, 4.69) is 4.90 Å². The number of anilines is 1. The molecule has 1 saturated heterocycles. The lowest BCUT2D eigenvalue weighted by atomic mass is 9.95. The monoisotopic (exact) mass is 264 g/mol. The first-order valence-electron chi connectivity index (χ1n) is 6.69. The smallest absolute Gasteiger partial charge is 0.269 e. The fourth-order valence-electron chi connectivity index (χ4n) is 2.60. The summed E-state index contributed by atoms with van der Waals surface area (Å²) in [6.07, 6.45) is 3.50. The summed E-state index contributed by atoms with van der Waals surface area (Å²) in [5, 5.41) is 10.6. The molecule has 5 heteroatoms. The van der Waals surface area contributed by atoms with Crippen LogP contribution in [0.1, 0.15) is 19.3 Å². The van der Waals surface area contributed by atoms with Gasteiger partial charge in [0.25, 0.3) is 5.69 Å². The van der Waals surface area contributed by atoms with Crippen molar-refractivity contribution in [2.45, 2.75) is 19.3 Å². The molecular formula is C14H20N2O3. The molecule has 1 aliphatic heterocycles. The molecule has 0 saturated carbocycles. The van der Waals surface area contributed by atoms with E-state index >= 15 is 0 Å². The summed E-state index contributed by atoms with van der Waals surface area (Å²) in [5.74, 6) is 0.656. The maximum atomic E-state index is 10.6. The zero-order valence-corrected chi connectivity index (χ0v) is 11.2. The molecule has 1 aliphatic rings. The van der Waals surface area contributed by atoms with Gasteiger partial charge in [0.15, 0.2) is 0 Å². The Labute approximate surface area is 113 Å². The SMILES string of the molecule is COCCC1CCCN(c2ccc([N+](=O)[O-])cc2)C1. The predicted molar refractivity (Wildman–Crippen MR) is 74.5 cm³/mol. The number of rotatable bonds is 5. The van der Waals surface area contributed by atoms with Crippen molar-refractivity contribution in [1.82, 2.24) is 0 Å². The largest absolute Gasteiger partial charge is 0.385 e. The first-order chi connectivity index (χ1) is 9.20. The summed E-state index contributed by atoms with van der Waals surface area (Å²) in [5.41, 5.74) is 1.23. The molecule has 1 heterocycles. The van der Waals surface area contributed by atoms with Gasteiger partial charge in [0.2, 0.25) is 0 Å². The highest BCUT2D eigenvalue weighted by Gasteiger charge is 2.20. The topological polar surface area (TPSA) is 55.6 Å². The van der Waals surface area contributed by atoms with E-state index in [1.807, 2.05) is 12.1 Å². The lowest BCUT2D eigenvalue weighted by Crippen LogP contribution is -2.35. The van der Waals surface area contributed by atoms with Crippen LogP contribution < -0.4 is 4.90 Å². The number of nitrogens with zero attached hydrogens (tertiary/aromatic N) is 2. The molecule has 0 radical (unpaired) electrons. The molecule has 0 bridgehead atoms. The Morgan fingerprint density at radius 1 is 1.42 bits per heavy atom. The maximum absolute atomic E-state index is 10.6. The van der Waals surface area contributed by atoms with Crippen LogP contribution in [0.2, 0.25) is 0 Å². The highest BCUT2D eigenvalue weighted by atomic mass is 16.6. The van der Waals surface area contributed by atoms with E-state index in [0.717, 1.165) is 31.8 Å². The minimum atomic E-state index is -0.360. The number of nitro benzene ring substituents is 1. The molecule has 0 spiro atoms. The van der Waals surface area contributed by atoms with E-state index in [9.17, 15) is 10.1 Å². The number of nitro groups is 1. The van der Waals surface area contributed by atoms with Crippen LogP contribution in [-0.2, 0) is 4.74 Å². The molecule has 1 fully saturated rings. The predicted octanol–water partition coefficient (Wildman–Crippen LogP) is 2.85. The second-order valence-electron chi connectivity index (χ2n) is 5.01. The van der Waals surface area contributed by atoms with Crippen molar-refractivity contribution in [1.29, 1.82) is 0 Å². The standard InChI is InChI=1S/C14H20N2O3/c1-19-10-8-12-3-2-9-15(11-12)13-4-6-14(7-5-13)16(17)18/h4-7,12H,2-3,8-11H2,1H3. The van der Waals surface area contributed by atoms with E-state index in [0.29, 0.717) is 5.92 Å². The van der Waals surface area contributed by atoms with Crippen LogP contribution in [0, 0.1) is 16.0 Å². The normalized spacial score (nSPS) is 19.4.